The van der Waals surface area contributed by atoms with Crippen LogP contribution in [0.1, 0.15) is 12.5 Å². The molecule has 0 atom stereocenters. The highest BCUT2D eigenvalue weighted by Gasteiger charge is 2.23. The van der Waals surface area contributed by atoms with Crippen LogP contribution in [0.15, 0.2) is 47.4 Å². The summed E-state index contributed by atoms with van der Waals surface area (Å²) in [5.74, 6) is -0.0228. The molecule has 0 aromatic heterocycles. The SMILES string of the molecule is CCOc1ccc(NC(=S)NCc2ccc(F)cc2)cc1S(=O)(=O)N(C)C. The van der Waals surface area contributed by atoms with E-state index < -0.39 is 10.0 Å². The minimum atomic E-state index is -3.68. The molecular weight excluding hydrogens is 389 g/mol. The molecule has 0 spiro atoms. The molecule has 0 aliphatic carbocycles. The van der Waals surface area contributed by atoms with Crippen LogP contribution >= 0.6 is 12.2 Å². The van der Waals surface area contributed by atoms with E-state index in [0.29, 0.717) is 24.0 Å². The van der Waals surface area contributed by atoms with E-state index >= 15 is 0 Å². The smallest absolute Gasteiger partial charge is 0.246 e. The van der Waals surface area contributed by atoms with Crippen LogP contribution in [0.25, 0.3) is 0 Å². The first-order chi connectivity index (χ1) is 12.7. The normalized spacial score (nSPS) is 11.3. The maximum atomic E-state index is 12.9. The van der Waals surface area contributed by atoms with Crippen molar-refractivity contribution in [2.75, 3.05) is 26.0 Å². The van der Waals surface area contributed by atoms with Gasteiger partial charge >= 0.3 is 0 Å². The molecule has 0 amide bonds. The van der Waals surface area contributed by atoms with Crippen molar-refractivity contribution in [1.29, 1.82) is 0 Å². The third-order valence-electron chi connectivity index (χ3n) is 3.63. The first-order valence-corrected chi connectivity index (χ1v) is 10.1. The zero-order chi connectivity index (χ0) is 20.0. The Bertz CT molecular complexity index is 901. The molecule has 0 saturated heterocycles. The third kappa shape index (κ3) is 5.62. The molecule has 0 saturated carbocycles. The number of benzene rings is 2. The van der Waals surface area contributed by atoms with Gasteiger partial charge in [0, 0.05) is 26.3 Å². The molecule has 0 heterocycles. The minimum Gasteiger partial charge on any atom is -0.492 e. The monoisotopic (exact) mass is 411 g/mol. The number of hydrogen-bond acceptors (Lipinski definition) is 4. The van der Waals surface area contributed by atoms with Gasteiger partial charge in [0.25, 0.3) is 0 Å². The summed E-state index contributed by atoms with van der Waals surface area (Å²) in [5, 5.41) is 6.26. The summed E-state index contributed by atoms with van der Waals surface area (Å²) in [7, 11) is -0.761. The van der Waals surface area contributed by atoms with E-state index in [1.165, 1.54) is 32.3 Å². The molecule has 27 heavy (non-hydrogen) atoms. The Morgan fingerprint density at radius 3 is 2.44 bits per heavy atom. The van der Waals surface area contributed by atoms with Crippen LogP contribution in [0.4, 0.5) is 10.1 Å². The number of sulfonamides is 1. The second kappa shape index (κ2) is 9.12. The van der Waals surface area contributed by atoms with Crippen molar-refractivity contribution < 1.29 is 17.5 Å². The topological polar surface area (TPSA) is 70.7 Å². The molecule has 0 unspecified atom stereocenters. The van der Waals surface area contributed by atoms with Crippen molar-refractivity contribution in [3.05, 3.63) is 53.8 Å². The highest BCUT2D eigenvalue weighted by molar-refractivity contribution is 7.89. The van der Waals surface area contributed by atoms with Crippen LogP contribution in [-0.4, -0.2) is 38.5 Å². The van der Waals surface area contributed by atoms with E-state index in [1.807, 2.05) is 0 Å². The maximum Gasteiger partial charge on any atom is 0.246 e. The molecular formula is C18H22FN3O3S2. The van der Waals surface area contributed by atoms with Gasteiger partial charge in [0.05, 0.1) is 6.61 Å². The Hall–Kier alpha value is -2.23. The van der Waals surface area contributed by atoms with Crippen LogP contribution < -0.4 is 15.4 Å². The predicted octanol–water partition coefficient (Wildman–Crippen LogP) is 2.96. The fraction of sp³-hybridized carbons (Fsp3) is 0.278. The first kappa shape index (κ1) is 21.1. The van der Waals surface area contributed by atoms with Crippen molar-refractivity contribution in [2.24, 2.45) is 0 Å². The average molecular weight is 412 g/mol. The standard InChI is InChI=1S/C18H22FN3O3S2/c1-4-25-16-10-9-15(11-17(16)27(23,24)22(2)3)21-18(26)20-12-13-5-7-14(19)8-6-13/h5-11H,4,12H2,1-3H3,(H2,20,21,26). The molecule has 0 aliphatic rings. The second-order valence-corrected chi connectivity index (χ2v) is 8.34. The molecule has 0 bridgehead atoms. The van der Waals surface area contributed by atoms with Gasteiger partial charge in [0.15, 0.2) is 5.11 Å². The van der Waals surface area contributed by atoms with Crippen molar-refractivity contribution in [3.63, 3.8) is 0 Å². The number of nitrogens with zero attached hydrogens (tertiary/aromatic N) is 1. The third-order valence-corrected chi connectivity index (χ3v) is 5.71. The zero-order valence-electron chi connectivity index (χ0n) is 15.3. The molecule has 0 radical (unpaired) electrons. The van der Waals surface area contributed by atoms with Gasteiger partial charge in [-0.15, -0.1) is 0 Å². The molecule has 0 aliphatic heterocycles. The van der Waals surface area contributed by atoms with Crippen molar-refractivity contribution >= 4 is 33.0 Å². The highest BCUT2D eigenvalue weighted by Crippen LogP contribution is 2.29. The minimum absolute atomic E-state index is 0.0562. The molecule has 146 valence electrons. The van der Waals surface area contributed by atoms with Gasteiger partial charge in [-0.1, -0.05) is 12.1 Å². The fourth-order valence-corrected chi connectivity index (χ4v) is 3.46. The lowest BCUT2D eigenvalue weighted by molar-refractivity contribution is 0.330. The van der Waals surface area contributed by atoms with Crippen LogP contribution in [0.2, 0.25) is 0 Å². The summed E-state index contributed by atoms with van der Waals surface area (Å²) < 4.78 is 44.6. The Morgan fingerprint density at radius 1 is 1.19 bits per heavy atom. The van der Waals surface area contributed by atoms with Gasteiger partial charge in [-0.3, -0.25) is 0 Å². The summed E-state index contributed by atoms with van der Waals surface area (Å²) in [6.07, 6.45) is 0. The van der Waals surface area contributed by atoms with Gasteiger partial charge < -0.3 is 15.4 Å². The van der Waals surface area contributed by atoms with Crippen LogP contribution in [0.5, 0.6) is 5.75 Å². The largest absolute Gasteiger partial charge is 0.492 e. The second-order valence-electron chi connectivity index (χ2n) is 5.82. The summed E-state index contributed by atoms with van der Waals surface area (Å²) in [4.78, 5) is 0.0562. The van der Waals surface area contributed by atoms with Gasteiger partial charge in [-0.25, -0.2) is 17.1 Å². The van der Waals surface area contributed by atoms with Crippen molar-refractivity contribution in [2.45, 2.75) is 18.4 Å². The van der Waals surface area contributed by atoms with E-state index in [0.717, 1.165) is 9.87 Å². The molecule has 2 N–H and O–H groups in total. The lowest BCUT2D eigenvalue weighted by atomic mass is 10.2. The number of ether oxygens (including phenoxy) is 1. The van der Waals surface area contributed by atoms with Crippen LogP contribution in [0, 0.1) is 5.82 Å². The number of halogens is 1. The van der Waals surface area contributed by atoms with E-state index in [-0.39, 0.29) is 16.5 Å². The average Bonchev–Trinajstić information content (AvgIpc) is 2.62. The summed E-state index contributed by atoms with van der Waals surface area (Å²) in [6, 6.07) is 10.8. The Kier molecular flexibility index (Phi) is 7.11. The van der Waals surface area contributed by atoms with E-state index in [9.17, 15) is 12.8 Å². The first-order valence-electron chi connectivity index (χ1n) is 8.22. The van der Waals surface area contributed by atoms with E-state index in [4.69, 9.17) is 17.0 Å². The Labute approximate surface area is 164 Å². The summed E-state index contributed by atoms with van der Waals surface area (Å²) >= 11 is 5.25. The van der Waals surface area contributed by atoms with Gasteiger partial charge in [-0.2, -0.15) is 0 Å². The Morgan fingerprint density at radius 2 is 1.85 bits per heavy atom. The van der Waals surface area contributed by atoms with Crippen LogP contribution in [0.3, 0.4) is 0 Å². The van der Waals surface area contributed by atoms with Crippen LogP contribution in [-0.2, 0) is 16.6 Å². The van der Waals surface area contributed by atoms with Crippen molar-refractivity contribution in [1.82, 2.24) is 9.62 Å². The van der Waals surface area contributed by atoms with Gasteiger partial charge in [-0.05, 0) is 55.0 Å². The Balaban J connectivity index is 2.13. The number of anilines is 1. The number of thiocarbonyl (C=S) groups is 1. The number of nitrogens with one attached hydrogen (secondary N) is 2. The molecule has 2 aromatic carbocycles. The maximum absolute atomic E-state index is 12.9. The van der Waals surface area contributed by atoms with Gasteiger partial charge in [0.2, 0.25) is 10.0 Å². The summed E-state index contributed by atoms with van der Waals surface area (Å²) in [5.41, 5.74) is 1.37. The molecule has 6 nitrogen and oxygen atoms in total. The zero-order valence-corrected chi connectivity index (χ0v) is 17.0. The fourth-order valence-electron chi connectivity index (χ4n) is 2.22. The molecule has 9 heteroatoms. The molecule has 0 fully saturated rings. The number of rotatable bonds is 7. The predicted molar refractivity (Wildman–Crippen MR) is 108 cm³/mol. The molecule has 2 rings (SSSR count). The summed E-state index contributed by atoms with van der Waals surface area (Å²) in [6.45, 7) is 2.54. The highest BCUT2D eigenvalue weighted by atomic mass is 32.2. The lowest BCUT2D eigenvalue weighted by Crippen LogP contribution is -2.28. The number of hydrogen-bond donors (Lipinski definition) is 2. The van der Waals surface area contributed by atoms with E-state index in [2.05, 4.69) is 10.6 Å². The van der Waals surface area contributed by atoms with Crippen molar-refractivity contribution in [3.8, 4) is 5.75 Å². The molecule has 2 aromatic rings. The van der Waals surface area contributed by atoms with Gasteiger partial charge in [0.1, 0.15) is 16.5 Å². The van der Waals surface area contributed by atoms with E-state index in [1.54, 1.807) is 31.2 Å². The lowest BCUT2D eigenvalue weighted by Gasteiger charge is -2.17. The quantitative estimate of drug-likeness (QED) is 0.683.